The summed E-state index contributed by atoms with van der Waals surface area (Å²) < 4.78 is 1.83. The fourth-order valence-corrected chi connectivity index (χ4v) is 3.74. The Morgan fingerprint density at radius 2 is 1.96 bits per heavy atom. The highest BCUT2D eigenvalue weighted by Crippen LogP contribution is 2.30. The zero-order valence-corrected chi connectivity index (χ0v) is 15.2. The van der Waals surface area contributed by atoms with Crippen molar-refractivity contribution >= 4 is 11.8 Å². The van der Waals surface area contributed by atoms with Gasteiger partial charge in [-0.2, -0.15) is 5.10 Å². The summed E-state index contributed by atoms with van der Waals surface area (Å²) in [6, 6.07) is 9.75. The maximum absolute atomic E-state index is 12.7. The summed E-state index contributed by atoms with van der Waals surface area (Å²) in [7, 11) is 0. The van der Waals surface area contributed by atoms with E-state index in [2.05, 4.69) is 10.4 Å². The van der Waals surface area contributed by atoms with Gasteiger partial charge in [-0.3, -0.25) is 14.3 Å². The van der Waals surface area contributed by atoms with Gasteiger partial charge in [-0.15, -0.1) is 0 Å². The largest absolute Gasteiger partial charge is 0.393 e. The lowest BCUT2D eigenvalue weighted by molar-refractivity contribution is -0.143. The molecule has 27 heavy (non-hydrogen) atoms. The van der Waals surface area contributed by atoms with Crippen molar-refractivity contribution in [3.8, 4) is 0 Å². The van der Waals surface area contributed by atoms with E-state index in [-0.39, 0.29) is 23.8 Å². The first kappa shape index (κ1) is 17.7. The molecule has 0 spiro atoms. The van der Waals surface area contributed by atoms with E-state index in [1.165, 1.54) is 0 Å². The van der Waals surface area contributed by atoms with Gasteiger partial charge in [0.1, 0.15) is 0 Å². The van der Waals surface area contributed by atoms with Crippen molar-refractivity contribution in [2.24, 2.45) is 5.92 Å². The van der Waals surface area contributed by atoms with Crippen LogP contribution in [0.4, 0.5) is 0 Å². The second-order valence-corrected chi connectivity index (χ2v) is 7.33. The Labute approximate surface area is 158 Å². The third-order valence-corrected chi connectivity index (χ3v) is 5.40. The highest BCUT2D eigenvalue weighted by Gasteiger charge is 2.36. The molecule has 142 valence electrons. The summed E-state index contributed by atoms with van der Waals surface area (Å²) in [5, 5.41) is 16.8. The molecule has 1 aromatic heterocycles. The number of nitrogens with one attached hydrogen (secondary N) is 1. The minimum atomic E-state index is -0.351. The van der Waals surface area contributed by atoms with Gasteiger partial charge in [-0.1, -0.05) is 30.3 Å². The van der Waals surface area contributed by atoms with E-state index >= 15 is 0 Å². The van der Waals surface area contributed by atoms with Crippen LogP contribution in [0.2, 0.25) is 0 Å². The number of benzene rings is 1. The number of carbonyl (C=O) groups excluding carboxylic acids is 2. The maximum Gasteiger partial charge on any atom is 0.255 e. The second-order valence-electron chi connectivity index (χ2n) is 7.33. The Bertz CT molecular complexity index is 827. The van der Waals surface area contributed by atoms with Gasteiger partial charge >= 0.3 is 0 Å². The highest BCUT2D eigenvalue weighted by atomic mass is 16.3. The van der Waals surface area contributed by atoms with E-state index in [1.54, 1.807) is 6.20 Å². The van der Waals surface area contributed by atoms with Crippen LogP contribution in [0.1, 0.15) is 40.9 Å². The van der Waals surface area contributed by atoms with Crippen LogP contribution in [-0.2, 0) is 24.4 Å². The summed E-state index contributed by atoms with van der Waals surface area (Å²) in [4.78, 5) is 27.2. The Hall–Kier alpha value is -2.67. The first-order valence-electron chi connectivity index (χ1n) is 9.45. The summed E-state index contributed by atoms with van der Waals surface area (Å²) in [5.41, 5.74) is 2.34. The number of hydrogen-bond donors (Lipinski definition) is 2. The van der Waals surface area contributed by atoms with Gasteiger partial charge in [0, 0.05) is 25.6 Å². The van der Waals surface area contributed by atoms with Crippen molar-refractivity contribution in [1.82, 2.24) is 20.0 Å². The van der Waals surface area contributed by atoms with Crippen molar-refractivity contribution in [3.63, 3.8) is 0 Å². The number of hydrogen-bond acceptors (Lipinski definition) is 4. The molecule has 1 aromatic carbocycles. The number of aliphatic hydroxyl groups excluding tert-OH is 1. The number of aromatic nitrogens is 2. The summed E-state index contributed by atoms with van der Waals surface area (Å²) in [6.07, 6.45) is 3.13. The lowest BCUT2D eigenvalue weighted by atomic mass is 9.81. The van der Waals surface area contributed by atoms with Gasteiger partial charge in [0.25, 0.3) is 5.91 Å². The zero-order chi connectivity index (χ0) is 18.8. The van der Waals surface area contributed by atoms with Crippen molar-refractivity contribution in [3.05, 3.63) is 53.3 Å². The van der Waals surface area contributed by atoms with Crippen LogP contribution in [0.3, 0.4) is 0 Å². The fourth-order valence-electron chi connectivity index (χ4n) is 3.74. The van der Waals surface area contributed by atoms with Crippen LogP contribution in [0.25, 0.3) is 0 Å². The van der Waals surface area contributed by atoms with Gasteiger partial charge in [-0.25, -0.2) is 0 Å². The lowest BCUT2D eigenvalue weighted by Crippen LogP contribution is -2.43. The quantitative estimate of drug-likeness (QED) is 0.852. The van der Waals surface area contributed by atoms with Crippen LogP contribution in [0.15, 0.2) is 36.5 Å². The minimum absolute atomic E-state index is 0.0746. The fraction of sp³-hybridized carbons (Fsp3) is 0.450. The molecule has 2 amide bonds. The standard InChI is InChI=1S/C20H24N4O3/c25-16-9-15(10-16)20(27)23-7-4-8-24-18(13-23)17(12-22-24)19(26)21-11-14-5-2-1-3-6-14/h1-3,5-6,12,15-16,25H,4,7-11,13H2,(H,21,26). The van der Waals surface area contributed by atoms with Gasteiger partial charge in [-0.05, 0) is 24.8 Å². The predicted octanol–water partition coefficient (Wildman–Crippen LogP) is 1.32. The van der Waals surface area contributed by atoms with Crippen LogP contribution >= 0.6 is 0 Å². The second kappa shape index (κ2) is 7.52. The van der Waals surface area contributed by atoms with E-state index in [0.29, 0.717) is 44.6 Å². The Morgan fingerprint density at radius 1 is 1.19 bits per heavy atom. The molecule has 2 aromatic rings. The van der Waals surface area contributed by atoms with Crippen LogP contribution < -0.4 is 5.32 Å². The number of carbonyl (C=O) groups is 2. The summed E-state index contributed by atoms with van der Waals surface area (Å²) in [6.45, 7) is 2.19. The number of rotatable bonds is 4. The van der Waals surface area contributed by atoms with Crippen LogP contribution in [0, 0.1) is 5.92 Å². The molecule has 1 fully saturated rings. The topological polar surface area (TPSA) is 87.5 Å². The Morgan fingerprint density at radius 3 is 2.70 bits per heavy atom. The van der Waals surface area contributed by atoms with Crippen LogP contribution in [0.5, 0.6) is 0 Å². The molecule has 1 aliphatic carbocycles. The number of nitrogens with zero attached hydrogens (tertiary/aromatic N) is 3. The van der Waals surface area contributed by atoms with Crippen molar-refractivity contribution in [1.29, 1.82) is 0 Å². The molecule has 7 heteroatoms. The Balaban J connectivity index is 1.46. The van der Waals surface area contributed by atoms with E-state index in [4.69, 9.17) is 0 Å². The molecule has 2 heterocycles. The summed E-state index contributed by atoms with van der Waals surface area (Å²) in [5.74, 6) is -0.191. The van der Waals surface area contributed by atoms with E-state index in [9.17, 15) is 14.7 Å². The molecular formula is C20H24N4O3. The van der Waals surface area contributed by atoms with E-state index < -0.39 is 0 Å². The number of amides is 2. The highest BCUT2D eigenvalue weighted by molar-refractivity contribution is 5.95. The smallest absolute Gasteiger partial charge is 0.255 e. The molecule has 2 N–H and O–H groups in total. The van der Waals surface area contributed by atoms with Gasteiger partial charge < -0.3 is 15.3 Å². The molecule has 4 rings (SSSR count). The maximum atomic E-state index is 12.7. The lowest BCUT2D eigenvalue weighted by Gasteiger charge is -2.34. The Kier molecular flexibility index (Phi) is 4.94. The molecule has 2 aliphatic rings. The summed E-state index contributed by atoms with van der Waals surface area (Å²) >= 11 is 0. The van der Waals surface area contributed by atoms with Crippen molar-refractivity contribution < 1.29 is 14.7 Å². The third kappa shape index (κ3) is 3.73. The van der Waals surface area contributed by atoms with Crippen molar-refractivity contribution in [2.45, 2.75) is 45.0 Å². The molecule has 0 radical (unpaired) electrons. The molecule has 0 bridgehead atoms. The predicted molar refractivity (Wildman–Crippen MR) is 98.6 cm³/mol. The molecule has 0 atom stereocenters. The molecule has 0 saturated heterocycles. The van der Waals surface area contributed by atoms with Crippen molar-refractivity contribution in [2.75, 3.05) is 6.54 Å². The number of aliphatic hydroxyl groups is 1. The SMILES string of the molecule is O=C(NCc1ccccc1)c1cnn2c1CN(C(=O)C1CC(O)C1)CCC2. The average Bonchev–Trinajstić information content (AvgIpc) is 2.93. The third-order valence-electron chi connectivity index (χ3n) is 5.40. The molecule has 1 aliphatic heterocycles. The van der Waals surface area contributed by atoms with Gasteiger partial charge in [0.2, 0.25) is 5.91 Å². The minimum Gasteiger partial charge on any atom is -0.393 e. The zero-order valence-electron chi connectivity index (χ0n) is 15.2. The number of aryl methyl sites for hydroxylation is 1. The van der Waals surface area contributed by atoms with Gasteiger partial charge in [0.05, 0.1) is 30.1 Å². The first-order valence-corrected chi connectivity index (χ1v) is 9.45. The van der Waals surface area contributed by atoms with E-state index in [0.717, 1.165) is 17.7 Å². The van der Waals surface area contributed by atoms with Gasteiger partial charge in [0.15, 0.2) is 0 Å². The normalized spacial score (nSPS) is 21.7. The monoisotopic (exact) mass is 368 g/mol. The van der Waals surface area contributed by atoms with E-state index in [1.807, 2.05) is 39.9 Å². The number of fused-ring (bicyclic) bond motifs is 1. The molecule has 1 saturated carbocycles. The molecule has 7 nitrogen and oxygen atoms in total. The molecular weight excluding hydrogens is 344 g/mol. The first-order chi connectivity index (χ1) is 13.1. The molecule has 0 unspecified atom stereocenters. The van der Waals surface area contributed by atoms with Crippen LogP contribution in [-0.4, -0.2) is 44.3 Å². The average molecular weight is 368 g/mol.